The highest BCUT2D eigenvalue weighted by molar-refractivity contribution is 6.08. The average molecular weight is 603 g/mol. The normalized spacial score (nSPS) is 12.6. The van der Waals surface area contributed by atoms with Crippen LogP contribution in [0, 0.1) is 11.3 Å². The molecule has 1 atom stereocenters. The molecule has 0 aliphatic heterocycles. The highest BCUT2D eigenvalue weighted by Gasteiger charge is 2.17. The molecule has 0 aliphatic carbocycles. The number of hydrogen-bond donors (Lipinski definition) is 2. The minimum Gasteiger partial charge on any atom is -0.360 e. The van der Waals surface area contributed by atoms with E-state index >= 15 is 0 Å². The van der Waals surface area contributed by atoms with Gasteiger partial charge >= 0.3 is 0 Å². The number of nitriles is 1. The SMILES string of the molecule is CCCCCCCC/C=C\CCCC(CCCC/C=C(\C#N)c1c[nH]c2c(C(=O)NC)cccc12)c1nccc2ccccc12. The standard InChI is InChI=1S/C40H50N4O/c1-3-4-5-6-7-8-9-10-11-12-14-21-32(38-34-24-18-17-20-31(34)27-28-43-38)22-15-13-16-23-33(29-41)37-30-44-39-35(37)25-19-26-36(39)40(45)42-2/h10-11,17-20,23-28,30,32,44H,3-9,12-16,21-22H2,1-2H3,(H,42,45)/b11-10-,33-23+. The lowest BCUT2D eigenvalue weighted by molar-refractivity contribution is 0.0964. The topological polar surface area (TPSA) is 81.6 Å². The zero-order valence-electron chi connectivity index (χ0n) is 27.3. The molecule has 0 bridgehead atoms. The van der Waals surface area contributed by atoms with E-state index in [1.165, 1.54) is 67.8 Å². The Kier molecular flexibility index (Phi) is 13.9. The predicted octanol–water partition coefficient (Wildman–Crippen LogP) is 10.8. The van der Waals surface area contributed by atoms with Gasteiger partial charge in [-0.15, -0.1) is 0 Å². The highest BCUT2D eigenvalue weighted by Crippen LogP contribution is 2.32. The number of allylic oxidation sites excluding steroid dienone is 4. The Hall–Kier alpha value is -4.17. The Labute approximate surface area is 269 Å². The molecule has 2 N–H and O–H groups in total. The third kappa shape index (κ3) is 9.66. The lowest BCUT2D eigenvalue weighted by Crippen LogP contribution is -2.18. The third-order valence-corrected chi connectivity index (χ3v) is 8.86. The van der Waals surface area contributed by atoms with Gasteiger partial charge in [-0.25, -0.2) is 0 Å². The molecule has 0 spiro atoms. The number of unbranched alkanes of at least 4 members (excludes halogenated alkanes) is 9. The van der Waals surface area contributed by atoms with E-state index in [9.17, 15) is 10.1 Å². The molecular formula is C40H50N4O. The average Bonchev–Trinajstić information content (AvgIpc) is 3.51. The van der Waals surface area contributed by atoms with Crippen LogP contribution in [0.25, 0.3) is 27.2 Å². The number of nitrogens with one attached hydrogen (secondary N) is 2. The summed E-state index contributed by atoms with van der Waals surface area (Å²) in [6.45, 7) is 2.27. The Morgan fingerprint density at radius 3 is 2.42 bits per heavy atom. The summed E-state index contributed by atoms with van der Waals surface area (Å²) >= 11 is 0. The third-order valence-electron chi connectivity index (χ3n) is 8.86. The second-order valence-corrected chi connectivity index (χ2v) is 12.1. The fourth-order valence-corrected chi connectivity index (χ4v) is 6.34. The summed E-state index contributed by atoms with van der Waals surface area (Å²) in [5.41, 5.74) is 4.06. The number of carbonyl (C=O) groups is 1. The molecule has 2 aromatic carbocycles. The van der Waals surface area contributed by atoms with E-state index in [-0.39, 0.29) is 5.91 Å². The van der Waals surface area contributed by atoms with Crippen LogP contribution in [0.3, 0.4) is 0 Å². The first-order chi connectivity index (χ1) is 22.2. The van der Waals surface area contributed by atoms with E-state index < -0.39 is 0 Å². The summed E-state index contributed by atoms with van der Waals surface area (Å²) in [5, 5.41) is 16.1. The van der Waals surface area contributed by atoms with Crippen LogP contribution in [0.5, 0.6) is 0 Å². The Morgan fingerprint density at radius 1 is 0.867 bits per heavy atom. The number of pyridine rings is 1. The molecule has 0 fully saturated rings. The Bertz CT molecular complexity index is 1600. The number of aromatic amines is 1. The van der Waals surface area contributed by atoms with Crippen molar-refractivity contribution >= 4 is 33.2 Å². The molecule has 0 radical (unpaired) electrons. The Morgan fingerprint density at radius 2 is 1.60 bits per heavy atom. The number of hydrogen-bond acceptors (Lipinski definition) is 3. The summed E-state index contributed by atoms with van der Waals surface area (Å²) in [7, 11) is 1.63. The molecular weight excluding hydrogens is 552 g/mol. The molecule has 0 saturated carbocycles. The van der Waals surface area contributed by atoms with Gasteiger partial charge in [-0.3, -0.25) is 9.78 Å². The molecule has 1 amide bonds. The molecule has 4 rings (SSSR count). The molecule has 2 aromatic heterocycles. The van der Waals surface area contributed by atoms with E-state index in [2.05, 4.69) is 71.9 Å². The van der Waals surface area contributed by atoms with E-state index in [4.69, 9.17) is 4.98 Å². The largest absolute Gasteiger partial charge is 0.360 e. The predicted molar refractivity (Wildman–Crippen MR) is 189 cm³/mol. The van der Waals surface area contributed by atoms with Crippen molar-refractivity contribution in [1.82, 2.24) is 15.3 Å². The molecule has 45 heavy (non-hydrogen) atoms. The van der Waals surface area contributed by atoms with Gasteiger partial charge in [-0.2, -0.15) is 5.26 Å². The Balaban J connectivity index is 1.34. The monoisotopic (exact) mass is 602 g/mol. The molecule has 4 aromatic rings. The first kappa shape index (κ1) is 33.7. The summed E-state index contributed by atoms with van der Waals surface area (Å²) in [6.07, 6.45) is 27.3. The van der Waals surface area contributed by atoms with Gasteiger partial charge in [0.15, 0.2) is 0 Å². The van der Waals surface area contributed by atoms with Crippen molar-refractivity contribution in [2.45, 2.75) is 103 Å². The summed E-state index contributed by atoms with van der Waals surface area (Å²) < 4.78 is 0. The quantitative estimate of drug-likeness (QED) is 0.0636. The maximum absolute atomic E-state index is 12.3. The van der Waals surface area contributed by atoms with Crippen molar-refractivity contribution in [3.05, 3.63) is 96.0 Å². The fraction of sp³-hybridized carbons (Fsp3) is 0.425. The number of para-hydroxylation sites is 1. The minimum absolute atomic E-state index is 0.143. The van der Waals surface area contributed by atoms with Crippen LogP contribution < -0.4 is 5.32 Å². The second-order valence-electron chi connectivity index (χ2n) is 12.1. The summed E-state index contributed by atoms with van der Waals surface area (Å²) in [6, 6.07) is 18.7. The van der Waals surface area contributed by atoms with Gasteiger partial charge < -0.3 is 10.3 Å². The van der Waals surface area contributed by atoms with Crippen LogP contribution >= 0.6 is 0 Å². The van der Waals surface area contributed by atoms with Crippen LogP contribution in [0.1, 0.15) is 124 Å². The molecule has 5 heteroatoms. The number of amides is 1. The van der Waals surface area contributed by atoms with E-state index in [0.29, 0.717) is 17.1 Å². The van der Waals surface area contributed by atoms with Crippen LogP contribution in [0.4, 0.5) is 0 Å². The van der Waals surface area contributed by atoms with Crippen molar-refractivity contribution in [2.24, 2.45) is 0 Å². The minimum atomic E-state index is -0.143. The first-order valence-corrected chi connectivity index (χ1v) is 17.1. The van der Waals surface area contributed by atoms with Gasteiger partial charge in [-0.1, -0.05) is 100 Å². The van der Waals surface area contributed by atoms with E-state index in [1.807, 2.05) is 24.5 Å². The summed E-state index contributed by atoms with van der Waals surface area (Å²) in [5.74, 6) is 0.273. The summed E-state index contributed by atoms with van der Waals surface area (Å²) in [4.78, 5) is 20.4. The van der Waals surface area contributed by atoms with Gasteiger partial charge in [0, 0.05) is 41.7 Å². The number of H-pyrrole nitrogens is 1. The maximum Gasteiger partial charge on any atom is 0.253 e. The van der Waals surface area contributed by atoms with Crippen LogP contribution in [0.2, 0.25) is 0 Å². The van der Waals surface area contributed by atoms with Gasteiger partial charge in [0.1, 0.15) is 0 Å². The number of aromatic nitrogens is 2. The molecule has 0 saturated heterocycles. The number of nitrogens with zero attached hydrogens (tertiary/aromatic N) is 2. The molecule has 1 unspecified atom stereocenters. The zero-order chi connectivity index (χ0) is 31.7. The fourth-order valence-electron chi connectivity index (χ4n) is 6.34. The lowest BCUT2D eigenvalue weighted by atomic mass is 9.89. The van der Waals surface area contributed by atoms with Crippen molar-refractivity contribution in [2.75, 3.05) is 7.05 Å². The number of carbonyl (C=O) groups excluding carboxylic acids is 1. The maximum atomic E-state index is 12.3. The van der Waals surface area contributed by atoms with Gasteiger partial charge in [0.2, 0.25) is 0 Å². The second kappa shape index (κ2) is 18.6. The highest BCUT2D eigenvalue weighted by atomic mass is 16.1. The van der Waals surface area contributed by atoms with E-state index in [0.717, 1.165) is 55.0 Å². The van der Waals surface area contributed by atoms with Crippen molar-refractivity contribution in [3.8, 4) is 6.07 Å². The molecule has 2 heterocycles. The van der Waals surface area contributed by atoms with Crippen LogP contribution in [-0.2, 0) is 0 Å². The number of fused-ring (bicyclic) bond motifs is 2. The van der Waals surface area contributed by atoms with Crippen molar-refractivity contribution in [3.63, 3.8) is 0 Å². The lowest BCUT2D eigenvalue weighted by Gasteiger charge is -2.18. The molecule has 236 valence electrons. The number of benzene rings is 2. The first-order valence-electron chi connectivity index (χ1n) is 17.1. The smallest absolute Gasteiger partial charge is 0.253 e. The van der Waals surface area contributed by atoms with Crippen molar-refractivity contribution < 1.29 is 4.79 Å². The number of rotatable bonds is 19. The molecule has 5 nitrogen and oxygen atoms in total. The van der Waals surface area contributed by atoms with Crippen LogP contribution in [0.15, 0.2) is 79.2 Å². The van der Waals surface area contributed by atoms with E-state index in [1.54, 1.807) is 13.1 Å². The van der Waals surface area contributed by atoms with Gasteiger partial charge in [0.25, 0.3) is 5.91 Å². The molecule has 0 aliphatic rings. The van der Waals surface area contributed by atoms with Gasteiger partial charge in [-0.05, 0) is 68.9 Å². The van der Waals surface area contributed by atoms with Crippen molar-refractivity contribution in [1.29, 1.82) is 5.26 Å². The van der Waals surface area contributed by atoms with Crippen LogP contribution in [-0.4, -0.2) is 22.9 Å². The zero-order valence-corrected chi connectivity index (χ0v) is 27.3. The van der Waals surface area contributed by atoms with Gasteiger partial charge in [0.05, 0.1) is 28.4 Å².